The number of hydrogen-bond acceptors (Lipinski definition) is 3. The fraction of sp³-hybridized carbons (Fsp3) is 1.00. The molecular weight excluding hydrogens is 504 g/mol. The van der Waals surface area contributed by atoms with E-state index < -0.39 is 0 Å². The van der Waals surface area contributed by atoms with Gasteiger partial charge in [0.05, 0.1) is 24.4 Å². The molecule has 4 atom stereocenters. The van der Waals surface area contributed by atoms with Crippen LogP contribution in [-0.4, -0.2) is 36.6 Å². The van der Waals surface area contributed by atoms with Crippen LogP contribution in [-0.2, 0) is 14.2 Å². The van der Waals surface area contributed by atoms with E-state index >= 15 is 0 Å². The van der Waals surface area contributed by atoms with E-state index in [4.69, 9.17) is 14.2 Å². The highest BCUT2D eigenvalue weighted by Gasteiger charge is 2.52. The van der Waals surface area contributed by atoms with Crippen LogP contribution in [0.15, 0.2) is 0 Å². The zero-order valence-electron chi connectivity index (χ0n) is 28.6. The van der Waals surface area contributed by atoms with Gasteiger partial charge in [-0.1, -0.05) is 181 Å². The molecule has 2 aliphatic rings. The molecule has 0 aromatic heterocycles. The standard InChI is InChI=1S/C38H74O3/c1-5-7-9-11-13-15-17-19-21-23-25-27-29-31-37(3,35-33-39-35)41-38(4,36-34-40-36)32-30-28-26-24-22-20-18-16-14-12-10-8-6-2/h35-36H,5-34H2,1-4H3. The van der Waals surface area contributed by atoms with Crippen LogP contribution in [0.5, 0.6) is 0 Å². The summed E-state index contributed by atoms with van der Waals surface area (Å²) < 4.78 is 18.7. The van der Waals surface area contributed by atoms with Crippen molar-refractivity contribution in [3.63, 3.8) is 0 Å². The average molecular weight is 579 g/mol. The number of hydrogen-bond donors (Lipinski definition) is 0. The molecule has 2 rings (SSSR count). The van der Waals surface area contributed by atoms with Crippen LogP contribution < -0.4 is 0 Å². The molecule has 41 heavy (non-hydrogen) atoms. The molecule has 244 valence electrons. The predicted octanol–water partition coefficient (Wildman–Crippen LogP) is 12.3. The molecule has 3 nitrogen and oxygen atoms in total. The highest BCUT2D eigenvalue weighted by molar-refractivity contribution is 5.00. The van der Waals surface area contributed by atoms with Crippen LogP contribution in [0.1, 0.15) is 207 Å². The first-order valence-electron chi connectivity index (χ1n) is 19.0. The zero-order chi connectivity index (χ0) is 29.5. The smallest absolute Gasteiger partial charge is 0.110 e. The summed E-state index contributed by atoms with van der Waals surface area (Å²) >= 11 is 0. The van der Waals surface area contributed by atoms with Gasteiger partial charge in [-0.15, -0.1) is 0 Å². The molecule has 0 radical (unpaired) electrons. The summed E-state index contributed by atoms with van der Waals surface area (Å²) in [5.41, 5.74) is -0.315. The zero-order valence-corrected chi connectivity index (χ0v) is 28.6. The van der Waals surface area contributed by atoms with Gasteiger partial charge < -0.3 is 14.2 Å². The molecule has 0 amide bonds. The number of unbranched alkanes of at least 4 members (excludes halogenated alkanes) is 24. The summed E-state index contributed by atoms with van der Waals surface area (Å²) in [6.07, 6.45) is 39.3. The minimum absolute atomic E-state index is 0.158. The topological polar surface area (TPSA) is 34.3 Å². The van der Waals surface area contributed by atoms with Crippen LogP contribution in [0.4, 0.5) is 0 Å². The van der Waals surface area contributed by atoms with Gasteiger partial charge in [-0.2, -0.15) is 0 Å². The Hall–Kier alpha value is -0.120. The molecule has 4 unspecified atom stereocenters. The van der Waals surface area contributed by atoms with Gasteiger partial charge >= 0.3 is 0 Å². The third-order valence-electron chi connectivity index (χ3n) is 10.0. The van der Waals surface area contributed by atoms with Crippen LogP contribution in [0.2, 0.25) is 0 Å². The van der Waals surface area contributed by atoms with Gasteiger partial charge in [0.15, 0.2) is 0 Å². The molecular formula is C38H74O3. The molecule has 2 fully saturated rings. The van der Waals surface area contributed by atoms with Crippen molar-refractivity contribution in [3.05, 3.63) is 0 Å². The van der Waals surface area contributed by atoms with E-state index in [9.17, 15) is 0 Å². The Balaban J connectivity index is 1.52. The van der Waals surface area contributed by atoms with Crippen molar-refractivity contribution >= 4 is 0 Å². The van der Waals surface area contributed by atoms with Crippen molar-refractivity contribution in [1.29, 1.82) is 0 Å². The fourth-order valence-corrected chi connectivity index (χ4v) is 6.88. The molecule has 0 bridgehead atoms. The summed E-state index contributed by atoms with van der Waals surface area (Å²) in [7, 11) is 0. The lowest BCUT2D eigenvalue weighted by Gasteiger charge is -2.39. The maximum Gasteiger partial charge on any atom is 0.110 e. The summed E-state index contributed by atoms with van der Waals surface area (Å²) in [6, 6.07) is 0. The average Bonchev–Trinajstić information content (AvgIpc) is 3.86. The third kappa shape index (κ3) is 18.3. The molecule has 3 heteroatoms. The Morgan fingerprint density at radius 3 is 0.854 bits per heavy atom. The van der Waals surface area contributed by atoms with Crippen LogP contribution in [0, 0.1) is 0 Å². The summed E-state index contributed by atoms with van der Waals surface area (Å²) in [4.78, 5) is 0. The monoisotopic (exact) mass is 579 g/mol. The minimum atomic E-state index is -0.158. The molecule has 0 aromatic carbocycles. The van der Waals surface area contributed by atoms with Gasteiger partial charge in [0.1, 0.15) is 12.2 Å². The number of epoxide rings is 2. The molecule has 0 spiro atoms. The first-order valence-corrected chi connectivity index (χ1v) is 19.0. The molecule has 2 saturated heterocycles. The van der Waals surface area contributed by atoms with Gasteiger partial charge in [0, 0.05) is 0 Å². The molecule has 0 saturated carbocycles. The maximum absolute atomic E-state index is 7.04. The van der Waals surface area contributed by atoms with E-state index in [0.717, 1.165) is 26.1 Å². The summed E-state index contributed by atoms with van der Waals surface area (Å²) in [6.45, 7) is 11.0. The van der Waals surface area contributed by atoms with Crippen molar-refractivity contribution in [2.24, 2.45) is 0 Å². The second-order valence-corrected chi connectivity index (χ2v) is 14.4. The summed E-state index contributed by atoms with van der Waals surface area (Å²) in [5, 5.41) is 0. The molecule has 2 heterocycles. The third-order valence-corrected chi connectivity index (χ3v) is 10.0. The van der Waals surface area contributed by atoms with Gasteiger partial charge in [-0.25, -0.2) is 0 Å². The summed E-state index contributed by atoms with van der Waals surface area (Å²) in [5.74, 6) is 0. The first-order chi connectivity index (χ1) is 20.0. The normalized spacial score (nSPS) is 21.1. The quantitative estimate of drug-likeness (QED) is 0.0588. The maximum atomic E-state index is 7.04. The number of ether oxygens (including phenoxy) is 3. The van der Waals surface area contributed by atoms with E-state index in [-0.39, 0.29) is 23.4 Å². The highest BCUT2D eigenvalue weighted by atomic mass is 16.6. The molecule has 0 N–H and O–H groups in total. The van der Waals surface area contributed by atoms with Crippen LogP contribution >= 0.6 is 0 Å². The predicted molar refractivity (Wildman–Crippen MR) is 178 cm³/mol. The van der Waals surface area contributed by atoms with Crippen molar-refractivity contribution in [3.8, 4) is 0 Å². The Labute approximate surface area is 258 Å². The van der Waals surface area contributed by atoms with E-state index in [0.29, 0.717) is 0 Å². The Kier molecular flexibility index (Phi) is 21.1. The van der Waals surface area contributed by atoms with Gasteiger partial charge in [0.25, 0.3) is 0 Å². The van der Waals surface area contributed by atoms with Crippen LogP contribution in [0.25, 0.3) is 0 Å². The van der Waals surface area contributed by atoms with Gasteiger partial charge in [-0.3, -0.25) is 0 Å². The number of rotatable bonds is 32. The van der Waals surface area contributed by atoms with E-state index in [2.05, 4.69) is 27.7 Å². The Bertz CT molecular complexity index is 536. The van der Waals surface area contributed by atoms with E-state index in [1.54, 1.807) is 0 Å². The second-order valence-electron chi connectivity index (χ2n) is 14.4. The van der Waals surface area contributed by atoms with Crippen molar-refractivity contribution in [2.75, 3.05) is 13.2 Å². The van der Waals surface area contributed by atoms with Crippen molar-refractivity contribution in [2.45, 2.75) is 231 Å². The van der Waals surface area contributed by atoms with Crippen molar-refractivity contribution in [1.82, 2.24) is 0 Å². The Morgan fingerprint density at radius 1 is 0.415 bits per heavy atom. The SMILES string of the molecule is CCCCCCCCCCCCCCCC(C)(OC(C)(CCCCCCCCCCCCCCC)C1CO1)C1CO1. The lowest BCUT2D eigenvalue weighted by atomic mass is 9.89. The van der Waals surface area contributed by atoms with Crippen molar-refractivity contribution < 1.29 is 14.2 Å². The van der Waals surface area contributed by atoms with E-state index in [1.165, 1.54) is 167 Å². The molecule has 2 aliphatic heterocycles. The molecule has 0 aliphatic carbocycles. The fourth-order valence-electron chi connectivity index (χ4n) is 6.88. The van der Waals surface area contributed by atoms with E-state index in [1.807, 2.05) is 0 Å². The second kappa shape index (κ2) is 23.3. The molecule has 0 aromatic rings. The largest absolute Gasteiger partial charge is 0.370 e. The Morgan fingerprint density at radius 2 is 0.634 bits per heavy atom. The first kappa shape index (κ1) is 37.1. The lowest BCUT2D eigenvalue weighted by Crippen LogP contribution is -2.48. The van der Waals surface area contributed by atoms with Gasteiger partial charge in [0.2, 0.25) is 0 Å². The van der Waals surface area contributed by atoms with Gasteiger partial charge in [-0.05, 0) is 26.7 Å². The lowest BCUT2D eigenvalue weighted by molar-refractivity contribution is -0.167. The highest BCUT2D eigenvalue weighted by Crippen LogP contribution is 2.42. The van der Waals surface area contributed by atoms with Crippen LogP contribution in [0.3, 0.4) is 0 Å². The minimum Gasteiger partial charge on any atom is -0.370 e.